The van der Waals surface area contributed by atoms with Crippen molar-refractivity contribution in [2.75, 3.05) is 13.2 Å². The van der Waals surface area contributed by atoms with Crippen molar-refractivity contribution >= 4 is 0 Å². The fourth-order valence-corrected chi connectivity index (χ4v) is 2.41. The maximum atomic E-state index is 9.44. The maximum absolute atomic E-state index is 9.44. The van der Waals surface area contributed by atoms with E-state index in [4.69, 9.17) is 0 Å². The van der Waals surface area contributed by atoms with Crippen LogP contribution < -0.4 is 5.32 Å². The van der Waals surface area contributed by atoms with Gasteiger partial charge in [0.15, 0.2) is 0 Å². The number of allylic oxidation sites excluding steroid dienone is 1. The van der Waals surface area contributed by atoms with Crippen LogP contribution in [0.3, 0.4) is 0 Å². The van der Waals surface area contributed by atoms with Crippen molar-refractivity contribution in [3.05, 3.63) is 12.2 Å². The SMILES string of the molecule is C=C(C)CC1(CO)CCN[C@H](C)C1. The number of rotatable bonds is 3. The second kappa shape index (κ2) is 4.25. The van der Waals surface area contributed by atoms with E-state index in [1.807, 2.05) is 6.92 Å². The molecule has 0 saturated carbocycles. The first-order valence-electron chi connectivity index (χ1n) is 5.07. The molecule has 0 bridgehead atoms. The first-order chi connectivity index (χ1) is 6.08. The lowest BCUT2D eigenvalue weighted by molar-refractivity contribution is 0.0742. The second-order valence-corrected chi connectivity index (χ2v) is 4.60. The molecule has 2 heteroatoms. The zero-order valence-corrected chi connectivity index (χ0v) is 8.77. The highest BCUT2D eigenvalue weighted by Gasteiger charge is 2.33. The third-order valence-electron chi connectivity index (χ3n) is 2.90. The van der Waals surface area contributed by atoms with E-state index in [9.17, 15) is 5.11 Å². The van der Waals surface area contributed by atoms with Crippen molar-refractivity contribution in [2.24, 2.45) is 5.41 Å². The Morgan fingerprint density at radius 2 is 2.38 bits per heavy atom. The lowest BCUT2D eigenvalue weighted by Gasteiger charge is -2.39. The Morgan fingerprint density at radius 3 is 2.85 bits per heavy atom. The molecule has 0 aliphatic carbocycles. The highest BCUT2D eigenvalue weighted by atomic mass is 16.3. The van der Waals surface area contributed by atoms with Gasteiger partial charge in [-0.3, -0.25) is 0 Å². The third-order valence-corrected chi connectivity index (χ3v) is 2.90. The van der Waals surface area contributed by atoms with Crippen molar-refractivity contribution < 1.29 is 5.11 Å². The van der Waals surface area contributed by atoms with Crippen LogP contribution in [-0.2, 0) is 0 Å². The average Bonchev–Trinajstić information content (AvgIpc) is 2.03. The molecule has 0 aromatic rings. The maximum Gasteiger partial charge on any atom is 0.0491 e. The minimum absolute atomic E-state index is 0.108. The molecule has 0 spiro atoms. The second-order valence-electron chi connectivity index (χ2n) is 4.60. The first-order valence-corrected chi connectivity index (χ1v) is 5.07. The minimum Gasteiger partial charge on any atom is -0.396 e. The zero-order chi connectivity index (χ0) is 9.90. The Morgan fingerprint density at radius 1 is 1.69 bits per heavy atom. The standard InChI is InChI=1S/C11H21NO/c1-9(2)6-11(8-13)4-5-12-10(3)7-11/h10,12-13H,1,4-8H2,2-3H3/t10-,11?/m1/s1. The van der Waals surface area contributed by atoms with Crippen molar-refractivity contribution in [1.29, 1.82) is 0 Å². The van der Waals surface area contributed by atoms with Crippen LogP contribution in [0.2, 0.25) is 0 Å². The highest BCUT2D eigenvalue weighted by Crippen LogP contribution is 2.36. The minimum atomic E-state index is 0.108. The van der Waals surface area contributed by atoms with Crippen LogP contribution in [0.4, 0.5) is 0 Å². The van der Waals surface area contributed by atoms with Crippen molar-refractivity contribution in [3.8, 4) is 0 Å². The number of nitrogens with one attached hydrogen (secondary N) is 1. The van der Waals surface area contributed by atoms with Crippen molar-refractivity contribution in [1.82, 2.24) is 5.32 Å². The molecule has 2 atom stereocenters. The molecule has 2 N–H and O–H groups in total. The Balaban J connectivity index is 2.61. The molecule has 0 amide bonds. The molecule has 1 heterocycles. The van der Waals surface area contributed by atoms with E-state index in [0.29, 0.717) is 12.6 Å². The van der Waals surface area contributed by atoms with Gasteiger partial charge in [-0.25, -0.2) is 0 Å². The number of hydrogen-bond acceptors (Lipinski definition) is 2. The van der Waals surface area contributed by atoms with Gasteiger partial charge in [0.1, 0.15) is 0 Å². The summed E-state index contributed by atoms with van der Waals surface area (Å²) in [6.45, 7) is 9.48. The van der Waals surface area contributed by atoms with Gasteiger partial charge in [-0.1, -0.05) is 5.57 Å². The van der Waals surface area contributed by atoms with E-state index >= 15 is 0 Å². The van der Waals surface area contributed by atoms with Crippen LogP contribution in [0.15, 0.2) is 12.2 Å². The summed E-state index contributed by atoms with van der Waals surface area (Å²) < 4.78 is 0. The summed E-state index contributed by atoms with van der Waals surface area (Å²) in [5.74, 6) is 0. The van der Waals surface area contributed by atoms with Crippen molar-refractivity contribution in [2.45, 2.75) is 39.2 Å². The molecule has 13 heavy (non-hydrogen) atoms. The molecule has 1 aliphatic rings. The quantitative estimate of drug-likeness (QED) is 0.653. The molecule has 0 radical (unpaired) electrons. The molecule has 1 saturated heterocycles. The molecule has 0 aromatic carbocycles. The van der Waals surface area contributed by atoms with Gasteiger partial charge in [0.25, 0.3) is 0 Å². The van der Waals surface area contributed by atoms with Crippen LogP contribution in [0.25, 0.3) is 0 Å². The number of aliphatic hydroxyl groups excluding tert-OH is 1. The molecule has 0 aromatic heterocycles. The fourth-order valence-electron chi connectivity index (χ4n) is 2.41. The van der Waals surface area contributed by atoms with Crippen LogP contribution in [0.5, 0.6) is 0 Å². The van der Waals surface area contributed by atoms with Crippen LogP contribution in [-0.4, -0.2) is 24.3 Å². The van der Waals surface area contributed by atoms with Gasteiger partial charge in [-0.05, 0) is 45.1 Å². The predicted octanol–water partition coefficient (Wildman–Crippen LogP) is 1.70. The van der Waals surface area contributed by atoms with E-state index in [0.717, 1.165) is 25.8 Å². The van der Waals surface area contributed by atoms with Gasteiger partial charge < -0.3 is 10.4 Å². The molecule has 1 rings (SSSR count). The predicted molar refractivity (Wildman–Crippen MR) is 55.6 cm³/mol. The third kappa shape index (κ3) is 2.82. The summed E-state index contributed by atoms with van der Waals surface area (Å²) in [7, 11) is 0. The molecular weight excluding hydrogens is 162 g/mol. The van der Waals surface area contributed by atoms with Gasteiger partial charge in [0.05, 0.1) is 0 Å². The molecule has 2 nitrogen and oxygen atoms in total. The monoisotopic (exact) mass is 183 g/mol. The van der Waals surface area contributed by atoms with E-state index < -0.39 is 0 Å². The van der Waals surface area contributed by atoms with Crippen molar-refractivity contribution in [3.63, 3.8) is 0 Å². The van der Waals surface area contributed by atoms with E-state index in [2.05, 4.69) is 18.8 Å². The zero-order valence-electron chi connectivity index (χ0n) is 8.77. The molecule has 1 unspecified atom stereocenters. The lowest BCUT2D eigenvalue weighted by atomic mass is 9.73. The summed E-state index contributed by atoms with van der Waals surface area (Å²) in [6, 6.07) is 0.528. The molecule has 1 fully saturated rings. The van der Waals surface area contributed by atoms with Gasteiger partial charge in [0.2, 0.25) is 0 Å². The average molecular weight is 183 g/mol. The van der Waals surface area contributed by atoms with Gasteiger partial charge >= 0.3 is 0 Å². The number of hydrogen-bond donors (Lipinski definition) is 2. The summed E-state index contributed by atoms with van der Waals surface area (Å²) in [4.78, 5) is 0. The summed E-state index contributed by atoms with van der Waals surface area (Å²) in [5.41, 5.74) is 1.29. The van der Waals surface area contributed by atoms with Crippen LogP contribution in [0, 0.1) is 5.41 Å². The summed E-state index contributed by atoms with van der Waals surface area (Å²) >= 11 is 0. The van der Waals surface area contributed by atoms with E-state index in [-0.39, 0.29) is 5.41 Å². The Bertz CT molecular complexity index is 191. The summed E-state index contributed by atoms with van der Waals surface area (Å²) in [5, 5.41) is 12.8. The normalized spacial score (nSPS) is 34.5. The number of aliphatic hydroxyl groups is 1. The lowest BCUT2D eigenvalue weighted by Crippen LogP contribution is -2.44. The van der Waals surface area contributed by atoms with E-state index in [1.54, 1.807) is 0 Å². The molecule has 76 valence electrons. The molecular formula is C11H21NO. The Labute approximate surface area is 81.0 Å². The van der Waals surface area contributed by atoms with Gasteiger partial charge in [0, 0.05) is 12.6 Å². The topological polar surface area (TPSA) is 32.3 Å². The fraction of sp³-hybridized carbons (Fsp3) is 0.818. The Hall–Kier alpha value is -0.340. The first kappa shape index (κ1) is 10.7. The largest absolute Gasteiger partial charge is 0.396 e. The highest BCUT2D eigenvalue weighted by molar-refractivity contribution is 4.99. The summed E-state index contributed by atoms with van der Waals surface area (Å²) in [6.07, 6.45) is 3.10. The number of piperidine rings is 1. The Kier molecular flexibility index (Phi) is 3.51. The van der Waals surface area contributed by atoms with E-state index in [1.165, 1.54) is 5.57 Å². The smallest absolute Gasteiger partial charge is 0.0491 e. The van der Waals surface area contributed by atoms with Crippen LogP contribution in [0.1, 0.15) is 33.1 Å². The van der Waals surface area contributed by atoms with Gasteiger partial charge in [-0.15, -0.1) is 6.58 Å². The van der Waals surface area contributed by atoms with Crippen LogP contribution >= 0.6 is 0 Å². The van der Waals surface area contributed by atoms with Gasteiger partial charge in [-0.2, -0.15) is 0 Å². The molecule has 1 aliphatic heterocycles.